The molecule has 1 saturated heterocycles. The highest BCUT2D eigenvalue weighted by Gasteiger charge is 2.22. The number of fused-ring (bicyclic) bond motifs is 3. The van der Waals surface area contributed by atoms with E-state index in [4.69, 9.17) is 28.7 Å². The molecule has 0 spiro atoms. The molecule has 0 radical (unpaired) electrons. The van der Waals surface area contributed by atoms with Gasteiger partial charge in [-0.1, -0.05) is 5.16 Å². The van der Waals surface area contributed by atoms with Crippen LogP contribution in [0.25, 0.3) is 33.1 Å². The van der Waals surface area contributed by atoms with E-state index >= 15 is 0 Å². The maximum atomic E-state index is 5.84. The van der Waals surface area contributed by atoms with Gasteiger partial charge in [-0.15, -0.1) is 0 Å². The van der Waals surface area contributed by atoms with Crippen LogP contribution in [0.2, 0.25) is 0 Å². The Labute approximate surface area is 210 Å². The van der Waals surface area contributed by atoms with Gasteiger partial charge in [-0.2, -0.15) is 0 Å². The Bertz CT molecular complexity index is 1340. The van der Waals surface area contributed by atoms with Crippen molar-refractivity contribution in [2.24, 2.45) is 0 Å². The number of pyridine rings is 1. The standard InChI is InChI=1S/C26H34N6O4/c1-16(15-33-4)32-25-19-13-23(34-5)20(24-17(2)30-36-18(24)3)12-21(19)28-14-22(25)29-26(32)27-6-7-31-8-10-35-11-9-31/h12-14,16H,6-11,15H2,1-5H3,(H,27,29). The SMILES string of the molecule is COCC(C)n1c(NCCN2CCOCC2)nc2cnc3cc(-c4c(C)noc4C)c(OC)cc3c21. The number of nitrogens with one attached hydrogen (secondary N) is 1. The molecule has 1 unspecified atom stereocenters. The Morgan fingerprint density at radius 1 is 1.14 bits per heavy atom. The van der Waals surface area contributed by atoms with E-state index in [1.54, 1.807) is 14.2 Å². The summed E-state index contributed by atoms with van der Waals surface area (Å²) in [6.07, 6.45) is 1.84. The van der Waals surface area contributed by atoms with Crippen LogP contribution >= 0.6 is 0 Å². The van der Waals surface area contributed by atoms with Crippen molar-refractivity contribution in [2.75, 3.05) is 65.5 Å². The first kappa shape index (κ1) is 24.5. The van der Waals surface area contributed by atoms with Crippen molar-refractivity contribution in [3.63, 3.8) is 0 Å². The van der Waals surface area contributed by atoms with Gasteiger partial charge < -0.3 is 28.6 Å². The number of imidazole rings is 1. The molecule has 1 fully saturated rings. The van der Waals surface area contributed by atoms with E-state index < -0.39 is 0 Å². The third kappa shape index (κ3) is 4.52. The second-order valence-corrected chi connectivity index (χ2v) is 9.25. The molecular formula is C26H34N6O4. The lowest BCUT2D eigenvalue weighted by molar-refractivity contribution is 0.0398. The van der Waals surface area contributed by atoms with Gasteiger partial charge in [0.25, 0.3) is 0 Å². The van der Waals surface area contributed by atoms with Gasteiger partial charge in [-0.25, -0.2) is 4.98 Å². The second kappa shape index (κ2) is 10.4. The van der Waals surface area contributed by atoms with Gasteiger partial charge in [0, 0.05) is 44.2 Å². The van der Waals surface area contributed by atoms with Crippen LogP contribution in [0.15, 0.2) is 22.9 Å². The highest BCUT2D eigenvalue weighted by molar-refractivity contribution is 6.05. The summed E-state index contributed by atoms with van der Waals surface area (Å²) in [4.78, 5) is 12.1. The number of ether oxygens (including phenoxy) is 3. The van der Waals surface area contributed by atoms with Crippen molar-refractivity contribution in [3.8, 4) is 16.9 Å². The van der Waals surface area contributed by atoms with Crippen LogP contribution in [0.5, 0.6) is 5.75 Å². The maximum Gasteiger partial charge on any atom is 0.204 e. The molecule has 10 heteroatoms. The van der Waals surface area contributed by atoms with Crippen LogP contribution in [0.3, 0.4) is 0 Å². The van der Waals surface area contributed by atoms with Crippen molar-refractivity contribution < 1.29 is 18.7 Å². The highest BCUT2D eigenvalue weighted by Crippen LogP contribution is 2.40. The molecule has 1 aliphatic rings. The van der Waals surface area contributed by atoms with Crippen LogP contribution in [-0.4, -0.2) is 84.8 Å². The highest BCUT2D eigenvalue weighted by atomic mass is 16.5. The van der Waals surface area contributed by atoms with Crippen LogP contribution in [-0.2, 0) is 9.47 Å². The molecule has 3 aromatic heterocycles. The lowest BCUT2D eigenvalue weighted by Gasteiger charge is -2.26. The van der Waals surface area contributed by atoms with Gasteiger partial charge >= 0.3 is 0 Å². The molecule has 1 aliphatic heterocycles. The van der Waals surface area contributed by atoms with Gasteiger partial charge in [0.05, 0.1) is 61.5 Å². The van der Waals surface area contributed by atoms with Gasteiger partial charge in [-0.3, -0.25) is 9.88 Å². The number of hydrogen-bond acceptors (Lipinski definition) is 9. The number of aryl methyl sites for hydroxylation is 2. The number of morpholine rings is 1. The third-order valence-electron chi connectivity index (χ3n) is 6.80. The first-order valence-corrected chi connectivity index (χ1v) is 12.4. The molecule has 0 aliphatic carbocycles. The smallest absolute Gasteiger partial charge is 0.204 e. The summed E-state index contributed by atoms with van der Waals surface area (Å²) in [5.41, 5.74) is 5.34. The molecule has 1 atom stereocenters. The van der Waals surface area contributed by atoms with E-state index in [0.29, 0.717) is 6.61 Å². The van der Waals surface area contributed by atoms with Gasteiger partial charge in [0.1, 0.15) is 17.0 Å². The molecule has 5 rings (SSSR count). The van der Waals surface area contributed by atoms with Crippen LogP contribution in [0.1, 0.15) is 24.4 Å². The first-order valence-electron chi connectivity index (χ1n) is 12.4. The first-order chi connectivity index (χ1) is 17.5. The number of methoxy groups -OCH3 is 2. The number of benzene rings is 1. The molecule has 36 heavy (non-hydrogen) atoms. The van der Waals surface area contributed by atoms with Gasteiger partial charge in [-0.05, 0) is 32.9 Å². The summed E-state index contributed by atoms with van der Waals surface area (Å²) < 4.78 is 24.5. The zero-order chi connectivity index (χ0) is 25.2. The molecule has 4 aromatic rings. The molecule has 1 N–H and O–H groups in total. The summed E-state index contributed by atoms with van der Waals surface area (Å²) in [7, 11) is 3.40. The predicted molar refractivity (Wildman–Crippen MR) is 139 cm³/mol. The summed E-state index contributed by atoms with van der Waals surface area (Å²) >= 11 is 0. The van der Waals surface area contributed by atoms with E-state index in [9.17, 15) is 0 Å². The summed E-state index contributed by atoms with van der Waals surface area (Å²) in [5, 5.41) is 8.66. The fourth-order valence-corrected chi connectivity index (χ4v) is 5.06. The van der Waals surface area contributed by atoms with E-state index in [0.717, 1.165) is 95.6 Å². The average molecular weight is 495 g/mol. The molecule has 4 heterocycles. The monoisotopic (exact) mass is 494 g/mol. The minimum atomic E-state index is 0.0599. The zero-order valence-electron chi connectivity index (χ0n) is 21.6. The number of rotatable bonds is 9. The summed E-state index contributed by atoms with van der Waals surface area (Å²) in [6, 6.07) is 4.15. The molecule has 10 nitrogen and oxygen atoms in total. The molecule has 192 valence electrons. The zero-order valence-corrected chi connectivity index (χ0v) is 21.6. The lowest BCUT2D eigenvalue weighted by Crippen LogP contribution is -2.39. The van der Waals surface area contributed by atoms with Crippen LogP contribution in [0, 0.1) is 13.8 Å². The molecule has 1 aromatic carbocycles. The largest absolute Gasteiger partial charge is 0.496 e. The number of aromatic nitrogens is 4. The average Bonchev–Trinajstić information content (AvgIpc) is 3.43. The Morgan fingerprint density at radius 3 is 2.64 bits per heavy atom. The number of nitrogens with zero attached hydrogens (tertiary/aromatic N) is 5. The second-order valence-electron chi connectivity index (χ2n) is 9.25. The molecule has 0 saturated carbocycles. The quantitative estimate of drug-likeness (QED) is 0.372. The minimum absolute atomic E-state index is 0.0599. The van der Waals surface area contributed by atoms with E-state index in [2.05, 4.69) is 26.9 Å². The summed E-state index contributed by atoms with van der Waals surface area (Å²) in [5.74, 6) is 2.29. The fraction of sp³-hybridized carbons (Fsp3) is 0.500. The molecule has 0 amide bonds. The van der Waals surface area contributed by atoms with E-state index in [-0.39, 0.29) is 6.04 Å². The lowest BCUT2D eigenvalue weighted by atomic mass is 10.0. The Kier molecular flexibility index (Phi) is 7.08. The normalized spacial score (nSPS) is 15.6. The van der Waals surface area contributed by atoms with Gasteiger partial charge in [0.2, 0.25) is 5.95 Å². The van der Waals surface area contributed by atoms with Crippen LogP contribution < -0.4 is 10.1 Å². The van der Waals surface area contributed by atoms with Crippen molar-refractivity contribution in [2.45, 2.75) is 26.8 Å². The van der Waals surface area contributed by atoms with Crippen molar-refractivity contribution >= 4 is 27.9 Å². The summed E-state index contributed by atoms with van der Waals surface area (Å²) in [6.45, 7) is 11.7. The maximum absolute atomic E-state index is 5.84. The number of anilines is 1. The van der Waals surface area contributed by atoms with Gasteiger partial charge in [0.15, 0.2) is 0 Å². The third-order valence-corrected chi connectivity index (χ3v) is 6.80. The van der Waals surface area contributed by atoms with Crippen molar-refractivity contribution in [1.29, 1.82) is 0 Å². The predicted octanol–water partition coefficient (Wildman–Crippen LogP) is 3.82. The Morgan fingerprint density at radius 2 is 1.94 bits per heavy atom. The Balaban J connectivity index is 1.59. The fourth-order valence-electron chi connectivity index (χ4n) is 5.06. The molecule has 0 bridgehead atoms. The Hall–Kier alpha value is -3.21. The number of hydrogen-bond donors (Lipinski definition) is 1. The topological polar surface area (TPSA) is 99.7 Å². The van der Waals surface area contributed by atoms with E-state index in [1.807, 2.05) is 32.2 Å². The van der Waals surface area contributed by atoms with Crippen molar-refractivity contribution in [1.82, 2.24) is 24.6 Å². The molecular weight excluding hydrogens is 460 g/mol. The minimum Gasteiger partial charge on any atom is -0.496 e. The van der Waals surface area contributed by atoms with Crippen LogP contribution in [0.4, 0.5) is 5.95 Å². The van der Waals surface area contributed by atoms with Crippen molar-refractivity contribution in [3.05, 3.63) is 29.8 Å². The van der Waals surface area contributed by atoms with E-state index in [1.165, 1.54) is 0 Å².